The fraction of sp³-hybridized carbons (Fsp3) is 0.167. The molecule has 0 aliphatic rings. The number of thiocarbonyl (C=S) groups is 1. The molecule has 17 heavy (non-hydrogen) atoms. The van der Waals surface area contributed by atoms with Crippen LogP contribution in [0.3, 0.4) is 0 Å². The molecule has 0 saturated carbocycles. The predicted molar refractivity (Wildman–Crippen MR) is 75.1 cm³/mol. The fourth-order valence-corrected chi connectivity index (χ4v) is 2.31. The third kappa shape index (κ3) is 3.25. The van der Waals surface area contributed by atoms with Crippen LogP contribution in [-0.4, -0.2) is 16.7 Å². The Morgan fingerprint density at radius 2 is 2.18 bits per heavy atom. The molecule has 88 valence electrons. The van der Waals surface area contributed by atoms with Crippen LogP contribution in [-0.2, 0) is 6.54 Å². The minimum Gasteiger partial charge on any atom is -0.364 e. The van der Waals surface area contributed by atoms with Gasteiger partial charge >= 0.3 is 0 Å². The highest BCUT2D eigenvalue weighted by Crippen LogP contribution is 2.01. The smallest absolute Gasteiger partial charge is 0.195 e. The molecule has 0 spiro atoms. The van der Waals surface area contributed by atoms with E-state index in [1.54, 1.807) is 18.4 Å². The molecule has 5 heteroatoms. The summed E-state index contributed by atoms with van der Waals surface area (Å²) in [5.74, 6) is 0. The lowest BCUT2D eigenvalue weighted by Crippen LogP contribution is -2.21. The van der Waals surface area contributed by atoms with Gasteiger partial charge in [0.15, 0.2) is 9.91 Å². The number of thiazole rings is 1. The lowest BCUT2D eigenvalue weighted by molar-refractivity contribution is 0.771. The van der Waals surface area contributed by atoms with Crippen molar-refractivity contribution in [1.29, 1.82) is 0 Å². The van der Waals surface area contributed by atoms with E-state index in [0.29, 0.717) is 5.11 Å². The molecule has 2 rings (SSSR count). The molecule has 1 aromatic carbocycles. The molecule has 1 heterocycles. The molecule has 0 bridgehead atoms. The van der Waals surface area contributed by atoms with Crippen LogP contribution in [0.2, 0.25) is 0 Å². The molecular formula is C12H13N3S2. The summed E-state index contributed by atoms with van der Waals surface area (Å²) >= 11 is 6.62. The van der Waals surface area contributed by atoms with Crippen molar-refractivity contribution >= 4 is 28.7 Å². The van der Waals surface area contributed by atoms with Gasteiger partial charge in [-0.25, -0.2) is 0 Å². The Labute approximate surface area is 109 Å². The summed E-state index contributed by atoms with van der Waals surface area (Å²) in [6.07, 6.45) is 2.02. The zero-order valence-electron chi connectivity index (χ0n) is 9.46. The molecule has 0 radical (unpaired) electrons. The minimum atomic E-state index is 0.509. The number of aromatic nitrogens is 1. The van der Waals surface area contributed by atoms with Gasteiger partial charge in [-0.2, -0.15) is 4.99 Å². The Balaban J connectivity index is 2.26. The summed E-state index contributed by atoms with van der Waals surface area (Å²) in [4.78, 5) is 5.25. The molecule has 0 saturated heterocycles. The minimum absolute atomic E-state index is 0.509. The van der Waals surface area contributed by atoms with Crippen LogP contribution in [0.1, 0.15) is 5.56 Å². The molecule has 3 nitrogen and oxygen atoms in total. The van der Waals surface area contributed by atoms with Crippen molar-refractivity contribution in [3.05, 3.63) is 52.3 Å². The monoisotopic (exact) mass is 263 g/mol. The maximum Gasteiger partial charge on any atom is 0.195 e. The largest absolute Gasteiger partial charge is 0.364 e. The Bertz CT molecular complexity index is 554. The predicted octanol–water partition coefficient (Wildman–Crippen LogP) is 2.00. The first-order valence-electron chi connectivity index (χ1n) is 5.24. The summed E-state index contributed by atoms with van der Waals surface area (Å²) in [5, 5.41) is 5.37. The SMILES string of the molecule is CNC(=S)/N=c1/sccn1Cc1ccccc1. The summed E-state index contributed by atoms with van der Waals surface area (Å²) in [5.41, 5.74) is 1.25. The molecule has 1 N–H and O–H groups in total. The molecule has 2 aromatic rings. The van der Waals surface area contributed by atoms with Crippen molar-refractivity contribution in [2.45, 2.75) is 6.54 Å². The Morgan fingerprint density at radius 1 is 1.41 bits per heavy atom. The Hall–Kier alpha value is -1.46. The van der Waals surface area contributed by atoms with Crippen molar-refractivity contribution in [3.63, 3.8) is 0 Å². The highest BCUT2D eigenvalue weighted by molar-refractivity contribution is 7.80. The van der Waals surface area contributed by atoms with Crippen LogP contribution in [0, 0.1) is 0 Å². The van der Waals surface area contributed by atoms with Gasteiger partial charge in [0.1, 0.15) is 0 Å². The van der Waals surface area contributed by atoms with Gasteiger partial charge in [-0.3, -0.25) is 0 Å². The van der Waals surface area contributed by atoms with Gasteiger partial charge in [0.05, 0.1) is 0 Å². The lowest BCUT2D eigenvalue weighted by atomic mass is 10.2. The highest BCUT2D eigenvalue weighted by Gasteiger charge is 1.98. The van der Waals surface area contributed by atoms with Gasteiger partial charge < -0.3 is 9.88 Å². The van der Waals surface area contributed by atoms with E-state index in [-0.39, 0.29) is 0 Å². The molecule has 0 amide bonds. The normalized spacial score (nSPS) is 11.5. The van der Waals surface area contributed by atoms with Crippen LogP contribution in [0.15, 0.2) is 46.9 Å². The van der Waals surface area contributed by atoms with Crippen LogP contribution < -0.4 is 10.1 Å². The fourth-order valence-electron chi connectivity index (χ4n) is 1.43. The zero-order valence-corrected chi connectivity index (χ0v) is 11.1. The first kappa shape index (κ1) is 12.0. The quantitative estimate of drug-likeness (QED) is 0.840. The summed E-state index contributed by atoms with van der Waals surface area (Å²) in [7, 11) is 1.78. The lowest BCUT2D eigenvalue weighted by Gasteiger charge is -2.02. The second-order valence-electron chi connectivity index (χ2n) is 3.47. The molecule has 0 unspecified atom stereocenters. The molecule has 1 aromatic heterocycles. The van der Waals surface area contributed by atoms with Gasteiger partial charge in [-0.15, -0.1) is 11.3 Å². The van der Waals surface area contributed by atoms with E-state index in [9.17, 15) is 0 Å². The topological polar surface area (TPSA) is 29.3 Å². The third-order valence-corrected chi connectivity index (χ3v) is 3.36. The molecule has 0 aliphatic carbocycles. The maximum absolute atomic E-state index is 5.04. The molecule has 0 fully saturated rings. The first-order chi connectivity index (χ1) is 8.29. The van der Waals surface area contributed by atoms with Gasteiger partial charge in [0.25, 0.3) is 0 Å². The second kappa shape index (κ2) is 5.75. The van der Waals surface area contributed by atoms with Crippen LogP contribution in [0.5, 0.6) is 0 Å². The number of hydrogen-bond acceptors (Lipinski definition) is 2. The Kier molecular flexibility index (Phi) is 4.06. The van der Waals surface area contributed by atoms with E-state index in [4.69, 9.17) is 12.2 Å². The van der Waals surface area contributed by atoms with Crippen LogP contribution in [0.25, 0.3) is 0 Å². The third-order valence-electron chi connectivity index (χ3n) is 2.27. The molecule has 0 aliphatic heterocycles. The highest BCUT2D eigenvalue weighted by atomic mass is 32.1. The van der Waals surface area contributed by atoms with Gasteiger partial charge in [0.2, 0.25) is 0 Å². The number of hydrogen-bond donors (Lipinski definition) is 1. The van der Waals surface area contributed by atoms with Crippen molar-refractivity contribution < 1.29 is 0 Å². The first-order valence-corrected chi connectivity index (χ1v) is 6.52. The maximum atomic E-state index is 5.04. The average molecular weight is 263 g/mol. The van der Waals surface area contributed by atoms with Gasteiger partial charge in [0, 0.05) is 25.2 Å². The van der Waals surface area contributed by atoms with E-state index in [2.05, 4.69) is 27.0 Å². The summed E-state index contributed by atoms with van der Waals surface area (Å²) in [6.45, 7) is 0.815. The summed E-state index contributed by atoms with van der Waals surface area (Å²) in [6, 6.07) is 10.3. The van der Waals surface area contributed by atoms with E-state index < -0.39 is 0 Å². The number of nitrogens with zero attached hydrogens (tertiary/aromatic N) is 2. The zero-order chi connectivity index (χ0) is 12.1. The van der Waals surface area contributed by atoms with Gasteiger partial charge in [-0.05, 0) is 17.8 Å². The number of rotatable bonds is 2. The van der Waals surface area contributed by atoms with Crippen LogP contribution >= 0.6 is 23.6 Å². The van der Waals surface area contributed by atoms with Crippen molar-refractivity contribution in [3.8, 4) is 0 Å². The van der Waals surface area contributed by atoms with E-state index in [0.717, 1.165) is 11.3 Å². The van der Waals surface area contributed by atoms with Crippen molar-refractivity contribution in [1.82, 2.24) is 9.88 Å². The number of nitrogens with one attached hydrogen (secondary N) is 1. The molecule has 0 atom stereocenters. The number of benzene rings is 1. The van der Waals surface area contributed by atoms with E-state index in [1.165, 1.54) is 5.56 Å². The van der Waals surface area contributed by atoms with E-state index >= 15 is 0 Å². The standard InChI is InChI=1S/C12H13N3S2/c1-13-11(16)14-12-15(7-8-17-12)9-10-5-3-2-4-6-10/h2-8H,9H2,1H3,(H,13,16)/b14-12+. The molecular weight excluding hydrogens is 250 g/mol. The van der Waals surface area contributed by atoms with E-state index in [1.807, 2.05) is 29.8 Å². The van der Waals surface area contributed by atoms with Crippen LogP contribution in [0.4, 0.5) is 0 Å². The van der Waals surface area contributed by atoms with Crippen molar-refractivity contribution in [2.24, 2.45) is 4.99 Å². The second-order valence-corrected chi connectivity index (χ2v) is 4.73. The Morgan fingerprint density at radius 3 is 2.88 bits per heavy atom. The summed E-state index contributed by atoms with van der Waals surface area (Å²) < 4.78 is 2.09. The van der Waals surface area contributed by atoms with Crippen molar-refractivity contribution in [2.75, 3.05) is 7.05 Å². The average Bonchev–Trinajstić information content (AvgIpc) is 2.78. The van der Waals surface area contributed by atoms with Gasteiger partial charge in [-0.1, -0.05) is 30.3 Å².